The van der Waals surface area contributed by atoms with Gasteiger partial charge in [0.15, 0.2) is 0 Å². The van der Waals surface area contributed by atoms with Crippen LogP contribution in [-0.2, 0) is 0 Å². The molecule has 2 heteroatoms. The molecular formula is C8H15NS. The quantitative estimate of drug-likeness (QED) is 0.289. The second-order valence-electron chi connectivity index (χ2n) is 3.22. The van der Waals surface area contributed by atoms with Crippen LogP contribution in [0.25, 0.3) is 0 Å². The summed E-state index contributed by atoms with van der Waals surface area (Å²) in [5.41, 5.74) is 1.65. The van der Waals surface area contributed by atoms with Gasteiger partial charge in [-0.2, -0.15) is 0 Å². The molecule has 0 aliphatic carbocycles. The van der Waals surface area contributed by atoms with Gasteiger partial charge in [0, 0.05) is 5.75 Å². The van der Waals surface area contributed by atoms with E-state index in [4.69, 9.17) is 5.41 Å². The Bertz CT molecular complexity index is 122. The Morgan fingerprint density at radius 3 is 2.40 bits per heavy atom. The minimum absolute atomic E-state index is 0.280. The molecule has 0 atom stereocenters. The van der Waals surface area contributed by atoms with Gasteiger partial charge >= 0.3 is 0 Å². The Morgan fingerprint density at radius 2 is 2.00 bits per heavy atom. The summed E-state index contributed by atoms with van der Waals surface area (Å²) in [6.07, 6.45) is 4.28. The molecule has 0 aromatic rings. The van der Waals surface area contributed by atoms with Crippen molar-refractivity contribution in [1.29, 1.82) is 5.41 Å². The first kappa shape index (κ1) is 9.76. The van der Waals surface area contributed by atoms with Crippen molar-refractivity contribution in [1.82, 2.24) is 0 Å². The first-order valence-corrected chi connectivity index (χ1v) is 4.39. The fraction of sp³-hybridized carbons (Fsp3) is 0.625. The smallest absolute Gasteiger partial charge is 0.0509 e. The number of nitrogens with one attached hydrogen (secondary N) is 1. The molecule has 58 valence electrons. The molecule has 0 aromatic heterocycles. The highest BCUT2D eigenvalue weighted by Crippen LogP contribution is 2.14. The third-order valence-corrected chi connectivity index (χ3v) is 1.45. The van der Waals surface area contributed by atoms with E-state index in [-0.39, 0.29) is 5.41 Å². The van der Waals surface area contributed by atoms with Gasteiger partial charge in [0.05, 0.1) is 5.55 Å². The van der Waals surface area contributed by atoms with Crippen molar-refractivity contribution >= 4 is 17.3 Å². The van der Waals surface area contributed by atoms with Gasteiger partial charge in [-0.25, -0.2) is 0 Å². The molecule has 0 rings (SSSR count). The molecule has 0 heterocycles. The van der Waals surface area contributed by atoms with E-state index in [1.54, 1.807) is 0 Å². The molecule has 1 nitrogen and oxygen atoms in total. The van der Waals surface area contributed by atoms with Crippen LogP contribution in [0.3, 0.4) is 0 Å². The molecule has 0 amide bonds. The fourth-order valence-electron chi connectivity index (χ4n) is 0.505. The standard InChI is InChI=1S/C8H15NS/c1-8(2,3)5-4-6-10-7-9/h4-5,7,9H,6H2,1-3H3/b5-4-,9-7?. The van der Waals surface area contributed by atoms with E-state index < -0.39 is 0 Å². The molecule has 10 heavy (non-hydrogen) atoms. The van der Waals surface area contributed by atoms with Gasteiger partial charge in [-0.15, -0.1) is 11.8 Å². The maximum Gasteiger partial charge on any atom is 0.0509 e. The molecule has 0 radical (unpaired) electrons. The molecule has 0 aromatic carbocycles. The molecule has 0 bridgehead atoms. The van der Waals surface area contributed by atoms with E-state index >= 15 is 0 Å². The van der Waals surface area contributed by atoms with Crippen molar-refractivity contribution in [2.75, 3.05) is 5.75 Å². The highest BCUT2D eigenvalue weighted by atomic mass is 32.2. The van der Waals surface area contributed by atoms with E-state index in [0.29, 0.717) is 0 Å². The van der Waals surface area contributed by atoms with Crippen LogP contribution < -0.4 is 0 Å². The minimum Gasteiger partial charge on any atom is -0.302 e. The Hall–Kier alpha value is -0.240. The largest absolute Gasteiger partial charge is 0.302 e. The molecule has 0 saturated carbocycles. The van der Waals surface area contributed by atoms with Crippen LogP contribution in [0.4, 0.5) is 0 Å². The molecule has 0 spiro atoms. The van der Waals surface area contributed by atoms with Crippen molar-refractivity contribution in [3.05, 3.63) is 12.2 Å². The summed E-state index contributed by atoms with van der Waals surface area (Å²) in [7, 11) is 0. The van der Waals surface area contributed by atoms with Crippen LogP contribution in [0.1, 0.15) is 20.8 Å². The fourth-order valence-corrected chi connectivity index (χ4v) is 0.809. The van der Waals surface area contributed by atoms with Gasteiger partial charge in [-0.1, -0.05) is 32.9 Å². The van der Waals surface area contributed by atoms with Crippen molar-refractivity contribution in [3.8, 4) is 0 Å². The molecule has 0 aliphatic rings. The van der Waals surface area contributed by atoms with Gasteiger partial charge < -0.3 is 5.41 Å². The average molecular weight is 157 g/mol. The summed E-state index contributed by atoms with van der Waals surface area (Å²) in [6, 6.07) is 0. The zero-order valence-electron chi connectivity index (χ0n) is 6.85. The lowest BCUT2D eigenvalue weighted by Crippen LogP contribution is -1.98. The highest BCUT2D eigenvalue weighted by molar-refractivity contribution is 8.12. The summed E-state index contributed by atoms with van der Waals surface area (Å²) < 4.78 is 0. The van der Waals surface area contributed by atoms with Gasteiger partial charge in [-0.05, 0) is 5.41 Å². The lowest BCUT2D eigenvalue weighted by Gasteiger charge is -2.10. The monoisotopic (exact) mass is 157 g/mol. The number of thioether (sulfide) groups is 1. The first-order chi connectivity index (χ1) is 4.56. The first-order valence-electron chi connectivity index (χ1n) is 3.34. The van der Waals surface area contributed by atoms with Crippen LogP contribution in [-0.4, -0.2) is 11.3 Å². The summed E-state index contributed by atoms with van der Waals surface area (Å²) in [5.74, 6) is 0.917. The number of hydrogen-bond acceptors (Lipinski definition) is 2. The van der Waals surface area contributed by atoms with Gasteiger partial charge in [0.25, 0.3) is 0 Å². The SMILES string of the molecule is CC(C)(C)/C=C\CSC=N. The molecule has 0 saturated heterocycles. The Labute approximate surface area is 67.4 Å². The second-order valence-corrected chi connectivity index (χ2v) is 4.12. The number of rotatable bonds is 3. The third kappa shape index (κ3) is 7.76. The summed E-state index contributed by atoms with van der Waals surface area (Å²) in [5, 5.41) is 6.74. The maximum absolute atomic E-state index is 6.74. The Morgan fingerprint density at radius 1 is 1.40 bits per heavy atom. The summed E-state index contributed by atoms with van der Waals surface area (Å²) in [4.78, 5) is 0. The van der Waals surface area contributed by atoms with Crippen LogP contribution in [0, 0.1) is 10.8 Å². The molecule has 1 N–H and O–H groups in total. The van der Waals surface area contributed by atoms with Crippen LogP contribution in [0.2, 0.25) is 0 Å². The van der Waals surface area contributed by atoms with Crippen molar-refractivity contribution in [2.45, 2.75) is 20.8 Å². The molecule has 0 aliphatic heterocycles. The minimum atomic E-state index is 0.280. The summed E-state index contributed by atoms with van der Waals surface area (Å²) in [6.45, 7) is 6.50. The Balaban J connectivity index is 3.46. The predicted molar refractivity (Wildman–Crippen MR) is 49.8 cm³/mol. The predicted octanol–water partition coefficient (Wildman–Crippen LogP) is 2.93. The van der Waals surface area contributed by atoms with Crippen LogP contribution in [0.5, 0.6) is 0 Å². The average Bonchev–Trinajstić information content (AvgIpc) is 1.78. The van der Waals surface area contributed by atoms with Gasteiger partial charge in [0.1, 0.15) is 0 Å². The lowest BCUT2D eigenvalue weighted by molar-refractivity contribution is 0.543. The topological polar surface area (TPSA) is 23.9 Å². The van der Waals surface area contributed by atoms with E-state index in [1.807, 2.05) is 0 Å². The summed E-state index contributed by atoms with van der Waals surface area (Å²) >= 11 is 1.50. The van der Waals surface area contributed by atoms with Crippen molar-refractivity contribution in [3.63, 3.8) is 0 Å². The molecular weight excluding hydrogens is 142 g/mol. The maximum atomic E-state index is 6.74. The van der Waals surface area contributed by atoms with Crippen molar-refractivity contribution in [2.24, 2.45) is 5.41 Å². The zero-order chi connectivity index (χ0) is 8.04. The second kappa shape index (κ2) is 4.56. The lowest BCUT2D eigenvalue weighted by atomic mass is 9.97. The van der Waals surface area contributed by atoms with Gasteiger partial charge in [-0.3, -0.25) is 0 Å². The number of hydrogen-bond donors (Lipinski definition) is 1. The van der Waals surface area contributed by atoms with Gasteiger partial charge in [0.2, 0.25) is 0 Å². The van der Waals surface area contributed by atoms with Crippen LogP contribution >= 0.6 is 11.8 Å². The van der Waals surface area contributed by atoms with E-state index in [1.165, 1.54) is 17.3 Å². The highest BCUT2D eigenvalue weighted by Gasteiger charge is 2.01. The van der Waals surface area contributed by atoms with E-state index in [0.717, 1.165) is 5.75 Å². The molecule has 0 unspecified atom stereocenters. The molecule has 0 fully saturated rings. The van der Waals surface area contributed by atoms with Crippen molar-refractivity contribution < 1.29 is 0 Å². The zero-order valence-corrected chi connectivity index (χ0v) is 7.66. The third-order valence-electron chi connectivity index (χ3n) is 0.894. The van der Waals surface area contributed by atoms with E-state index in [2.05, 4.69) is 32.9 Å². The van der Waals surface area contributed by atoms with E-state index in [9.17, 15) is 0 Å². The normalized spacial score (nSPS) is 12.3. The van der Waals surface area contributed by atoms with Crippen LogP contribution in [0.15, 0.2) is 12.2 Å². The Kier molecular flexibility index (Phi) is 4.45. The number of allylic oxidation sites excluding steroid dienone is 1.